The van der Waals surface area contributed by atoms with E-state index in [1.54, 1.807) is 18.3 Å². The number of nitrogens with two attached hydrogens (primary N) is 3. The fourth-order valence-corrected chi connectivity index (χ4v) is 6.04. The Balaban J connectivity index is 1.31. The number of hydrogen-bond acceptors (Lipinski definition) is 6. The largest absolute Gasteiger partial charge is 0.386 e. The molecule has 1 fully saturated rings. The zero-order chi connectivity index (χ0) is 31.9. The summed E-state index contributed by atoms with van der Waals surface area (Å²) in [5.74, 6) is 0.618. The first-order valence-electron chi connectivity index (χ1n) is 16.0. The molecule has 4 aromatic rings. The molecule has 2 unspecified atom stereocenters. The van der Waals surface area contributed by atoms with E-state index >= 15 is 4.39 Å². The lowest BCUT2D eigenvalue weighted by molar-refractivity contribution is 0.490. The van der Waals surface area contributed by atoms with Crippen molar-refractivity contribution in [2.75, 3.05) is 19.6 Å². The summed E-state index contributed by atoms with van der Waals surface area (Å²) in [4.78, 5) is 24.7. The minimum absolute atomic E-state index is 0.0703. The number of nitrogens with one attached hydrogen (secondary N) is 2. The fourth-order valence-electron chi connectivity index (χ4n) is 5.80. The fraction of sp³-hybridized carbons (Fsp3) is 0.441. The molecule has 0 aliphatic heterocycles. The third-order valence-electron chi connectivity index (χ3n) is 8.52. The second-order valence-electron chi connectivity index (χ2n) is 12.0. The van der Waals surface area contributed by atoms with E-state index in [0.717, 1.165) is 56.2 Å². The highest BCUT2D eigenvalue weighted by Crippen LogP contribution is 2.34. The summed E-state index contributed by atoms with van der Waals surface area (Å²) in [6, 6.07) is 13.6. The molecule has 0 radical (unpaired) electrons. The highest BCUT2D eigenvalue weighted by atomic mass is 35.5. The lowest BCUT2D eigenvalue weighted by Gasteiger charge is -2.19. The Morgan fingerprint density at radius 1 is 1.20 bits per heavy atom. The van der Waals surface area contributed by atoms with E-state index in [0.29, 0.717) is 46.3 Å². The minimum Gasteiger partial charge on any atom is -0.386 e. The molecule has 2 heterocycles. The molecular weight excluding hydrogens is 591 g/mol. The van der Waals surface area contributed by atoms with Gasteiger partial charge in [0.1, 0.15) is 11.5 Å². The third kappa shape index (κ3) is 8.38. The number of aromatic nitrogens is 3. The van der Waals surface area contributed by atoms with E-state index in [-0.39, 0.29) is 23.7 Å². The molecule has 45 heavy (non-hydrogen) atoms. The Labute approximate surface area is 268 Å². The molecule has 2 aromatic carbocycles. The van der Waals surface area contributed by atoms with Gasteiger partial charge in [-0.25, -0.2) is 9.18 Å². The van der Waals surface area contributed by atoms with Gasteiger partial charge in [0, 0.05) is 35.8 Å². The zero-order valence-electron chi connectivity index (χ0n) is 25.9. The van der Waals surface area contributed by atoms with E-state index in [1.807, 2.05) is 30.3 Å². The van der Waals surface area contributed by atoms with E-state index in [1.165, 1.54) is 17.4 Å². The number of aliphatic imine (C=N–C) groups is 1. The molecule has 240 valence electrons. The number of amidine groups is 1. The maximum atomic E-state index is 15.2. The lowest BCUT2D eigenvalue weighted by Crippen LogP contribution is -2.25. The van der Waals surface area contributed by atoms with Crippen LogP contribution in [0.25, 0.3) is 28.0 Å². The number of benzene rings is 2. The lowest BCUT2D eigenvalue weighted by atomic mass is 10.00. The molecule has 0 spiro atoms. The maximum absolute atomic E-state index is 15.2. The molecule has 0 amide bonds. The van der Waals surface area contributed by atoms with Crippen LogP contribution in [-0.4, -0.2) is 46.0 Å². The smallest absolute Gasteiger partial charge is 0.354 e. The van der Waals surface area contributed by atoms with Gasteiger partial charge in [-0.3, -0.25) is 9.56 Å². The molecule has 1 aliphatic rings. The van der Waals surface area contributed by atoms with Gasteiger partial charge in [0.2, 0.25) is 0 Å². The normalized spacial score (nSPS) is 15.1. The van der Waals surface area contributed by atoms with Crippen molar-refractivity contribution >= 4 is 28.5 Å². The van der Waals surface area contributed by atoms with Crippen molar-refractivity contribution in [3.05, 3.63) is 81.1 Å². The summed E-state index contributed by atoms with van der Waals surface area (Å²) in [6.45, 7) is 3.86. The van der Waals surface area contributed by atoms with E-state index in [2.05, 4.69) is 27.2 Å². The van der Waals surface area contributed by atoms with Gasteiger partial charge in [0.15, 0.2) is 5.82 Å². The molecule has 2 atom stereocenters. The summed E-state index contributed by atoms with van der Waals surface area (Å²) >= 11 is 6.31. The highest BCUT2D eigenvalue weighted by Gasteiger charge is 2.27. The summed E-state index contributed by atoms with van der Waals surface area (Å²) in [5, 5.41) is 4.36. The van der Waals surface area contributed by atoms with Crippen molar-refractivity contribution in [1.29, 1.82) is 0 Å². The minimum atomic E-state index is -0.505. The average Bonchev–Trinajstić information content (AvgIpc) is 3.81. The Morgan fingerprint density at radius 3 is 2.69 bits per heavy atom. The maximum Gasteiger partial charge on any atom is 0.354 e. The standard InChI is InChI=1S/C34H44ClFN8O/c1-2-5-29(40-14-4-15-41-31(39)19-37)23-10-12-25(13-11-23)44-20-24-18-30(42-33(24)43-34(44)45)26-16-21(17-27(35)32(26)36)6-3-7-28(38)22-8-9-22/h10-13,16-18,20,22,28-29,40H,2-9,14-15,19,37-38H2,1H3,(H2,39,41)(H,42,43,45). The Kier molecular flexibility index (Phi) is 11.0. The summed E-state index contributed by atoms with van der Waals surface area (Å²) < 4.78 is 16.7. The Morgan fingerprint density at radius 2 is 1.98 bits per heavy atom. The molecule has 9 nitrogen and oxygen atoms in total. The topological polar surface area (TPSA) is 153 Å². The van der Waals surface area contributed by atoms with Crippen molar-refractivity contribution < 1.29 is 4.39 Å². The van der Waals surface area contributed by atoms with Gasteiger partial charge in [0.25, 0.3) is 0 Å². The third-order valence-corrected chi connectivity index (χ3v) is 8.79. The van der Waals surface area contributed by atoms with Gasteiger partial charge in [-0.05, 0) is 98.9 Å². The Hall–Kier alpha value is -3.57. The first-order chi connectivity index (χ1) is 21.8. The summed E-state index contributed by atoms with van der Waals surface area (Å²) in [7, 11) is 0. The van der Waals surface area contributed by atoms with Gasteiger partial charge in [-0.15, -0.1) is 0 Å². The zero-order valence-corrected chi connectivity index (χ0v) is 26.6. The van der Waals surface area contributed by atoms with Crippen molar-refractivity contribution in [3.63, 3.8) is 0 Å². The van der Waals surface area contributed by atoms with Gasteiger partial charge < -0.3 is 27.5 Å². The van der Waals surface area contributed by atoms with Crippen LogP contribution in [0, 0.1) is 11.7 Å². The number of halogens is 2. The van der Waals surface area contributed by atoms with E-state index in [4.69, 9.17) is 28.8 Å². The van der Waals surface area contributed by atoms with Crippen LogP contribution in [0.4, 0.5) is 4.39 Å². The van der Waals surface area contributed by atoms with Crippen LogP contribution in [0.2, 0.25) is 5.02 Å². The molecule has 1 saturated carbocycles. The van der Waals surface area contributed by atoms with Crippen molar-refractivity contribution in [2.24, 2.45) is 28.1 Å². The molecule has 0 saturated heterocycles. The molecule has 2 aromatic heterocycles. The van der Waals surface area contributed by atoms with Crippen LogP contribution >= 0.6 is 11.6 Å². The van der Waals surface area contributed by atoms with Crippen LogP contribution in [0.1, 0.15) is 69.0 Å². The first-order valence-corrected chi connectivity index (χ1v) is 16.3. The number of fused-ring (bicyclic) bond motifs is 1. The predicted molar refractivity (Wildman–Crippen MR) is 182 cm³/mol. The quantitative estimate of drug-likeness (QED) is 0.0634. The second kappa shape index (κ2) is 15.1. The molecule has 11 heteroatoms. The molecule has 5 rings (SSSR count). The number of aromatic amines is 1. The summed E-state index contributed by atoms with van der Waals surface area (Å²) in [5.41, 5.74) is 21.1. The molecule has 0 bridgehead atoms. The SMILES string of the molecule is CCCC(NCCCN=C(N)CN)c1ccc(-n2cc3cc(-c4cc(CCCC(N)C5CC5)cc(Cl)c4F)[nH]c3nc2=O)cc1. The van der Waals surface area contributed by atoms with Gasteiger partial charge in [0.05, 0.1) is 22.9 Å². The number of aryl methyl sites for hydroxylation is 1. The van der Waals surface area contributed by atoms with Crippen LogP contribution < -0.4 is 28.2 Å². The predicted octanol–water partition coefficient (Wildman–Crippen LogP) is 5.37. The second-order valence-corrected chi connectivity index (χ2v) is 12.4. The summed E-state index contributed by atoms with van der Waals surface area (Å²) in [6.07, 6.45) is 9.65. The highest BCUT2D eigenvalue weighted by molar-refractivity contribution is 6.31. The number of nitrogens with zero attached hydrogens (tertiary/aromatic N) is 3. The van der Waals surface area contributed by atoms with Crippen molar-refractivity contribution in [1.82, 2.24) is 19.9 Å². The van der Waals surface area contributed by atoms with E-state index in [9.17, 15) is 4.79 Å². The molecule has 8 N–H and O–H groups in total. The van der Waals surface area contributed by atoms with Gasteiger partial charge >= 0.3 is 5.69 Å². The first kappa shape index (κ1) is 32.8. The van der Waals surface area contributed by atoms with Gasteiger partial charge in [-0.2, -0.15) is 4.98 Å². The van der Waals surface area contributed by atoms with Crippen LogP contribution in [0.15, 0.2) is 58.4 Å². The van der Waals surface area contributed by atoms with Crippen molar-refractivity contribution in [2.45, 2.75) is 70.4 Å². The Bertz CT molecular complexity index is 1680. The van der Waals surface area contributed by atoms with Crippen LogP contribution in [-0.2, 0) is 6.42 Å². The van der Waals surface area contributed by atoms with Crippen molar-refractivity contribution in [3.8, 4) is 16.9 Å². The number of rotatable bonds is 16. The van der Waals surface area contributed by atoms with Crippen LogP contribution in [0.3, 0.4) is 0 Å². The van der Waals surface area contributed by atoms with E-state index < -0.39 is 11.5 Å². The van der Waals surface area contributed by atoms with Crippen LogP contribution in [0.5, 0.6) is 0 Å². The monoisotopic (exact) mass is 634 g/mol. The van der Waals surface area contributed by atoms with Gasteiger partial charge in [-0.1, -0.05) is 37.1 Å². The molecule has 1 aliphatic carbocycles. The average molecular weight is 635 g/mol. The number of hydrogen-bond donors (Lipinski definition) is 5. The number of H-pyrrole nitrogens is 1. The molecular formula is C34H44ClFN8O.